The lowest BCUT2D eigenvalue weighted by molar-refractivity contribution is -0.141. The Morgan fingerprint density at radius 3 is 2.13 bits per heavy atom. The molecule has 3 aromatic rings. The molecule has 4 nitrogen and oxygen atoms in total. The van der Waals surface area contributed by atoms with Gasteiger partial charge in [0, 0.05) is 46.1 Å². The molecule has 1 N–H and O–H groups in total. The van der Waals surface area contributed by atoms with Gasteiger partial charge >= 0.3 is 0 Å². The smallest absolute Gasteiger partial charge is 0.243 e. The van der Waals surface area contributed by atoms with Crippen molar-refractivity contribution in [1.82, 2.24) is 10.2 Å². The largest absolute Gasteiger partial charge is 0.352 e. The van der Waals surface area contributed by atoms with Gasteiger partial charge in [0.1, 0.15) is 6.04 Å². The van der Waals surface area contributed by atoms with Crippen molar-refractivity contribution in [3.05, 3.63) is 105 Å². The quantitative estimate of drug-likeness (QED) is 0.271. The van der Waals surface area contributed by atoms with Crippen LogP contribution in [0.2, 0.25) is 15.1 Å². The number of nitrogens with one attached hydrogen (secondary N) is 1. The minimum atomic E-state index is -0.717. The molecule has 200 valence electrons. The highest BCUT2D eigenvalue weighted by Gasteiger charge is 2.32. The summed E-state index contributed by atoms with van der Waals surface area (Å²) in [6.07, 6.45) is 6.37. The van der Waals surface area contributed by atoms with E-state index in [4.69, 9.17) is 34.8 Å². The van der Waals surface area contributed by atoms with Crippen LogP contribution < -0.4 is 5.32 Å². The third-order valence-corrected chi connectivity index (χ3v) is 8.26. The zero-order chi connectivity index (χ0) is 26.9. The molecule has 0 bridgehead atoms. The van der Waals surface area contributed by atoms with Gasteiger partial charge in [0.05, 0.1) is 0 Å². The van der Waals surface area contributed by atoms with Gasteiger partial charge in [0.25, 0.3) is 0 Å². The third-order valence-electron chi connectivity index (χ3n) is 7.18. The van der Waals surface area contributed by atoms with E-state index >= 15 is 0 Å². The normalized spacial score (nSPS) is 14.6. The van der Waals surface area contributed by atoms with Crippen molar-refractivity contribution in [3.8, 4) is 0 Å². The first-order valence-corrected chi connectivity index (χ1v) is 14.4. The maximum absolute atomic E-state index is 13.9. The van der Waals surface area contributed by atoms with Crippen LogP contribution in [-0.2, 0) is 29.0 Å². The number of hydrogen-bond donors (Lipinski definition) is 1. The van der Waals surface area contributed by atoms with E-state index in [1.165, 1.54) is 6.42 Å². The van der Waals surface area contributed by atoms with Crippen LogP contribution in [0.1, 0.15) is 55.2 Å². The first-order valence-electron chi connectivity index (χ1n) is 13.2. The minimum absolute atomic E-state index is 0.124. The van der Waals surface area contributed by atoms with Crippen LogP contribution in [0.4, 0.5) is 0 Å². The van der Waals surface area contributed by atoms with E-state index in [1.807, 2.05) is 54.6 Å². The van der Waals surface area contributed by atoms with E-state index in [1.54, 1.807) is 23.1 Å². The van der Waals surface area contributed by atoms with Crippen LogP contribution >= 0.6 is 34.8 Å². The first-order chi connectivity index (χ1) is 18.4. The summed E-state index contributed by atoms with van der Waals surface area (Å²) in [4.78, 5) is 29.4. The molecule has 0 spiro atoms. The molecule has 0 saturated heterocycles. The molecule has 1 aliphatic rings. The van der Waals surface area contributed by atoms with Gasteiger partial charge in [-0.05, 0) is 48.6 Å². The van der Waals surface area contributed by atoms with Gasteiger partial charge in [-0.1, -0.05) is 109 Å². The highest BCUT2D eigenvalue weighted by atomic mass is 35.5. The van der Waals surface area contributed by atoms with Crippen LogP contribution in [-0.4, -0.2) is 28.8 Å². The summed E-state index contributed by atoms with van der Waals surface area (Å²) in [6.45, 7) is 0.134. The topological polar surface area (TPSA) is 49.4 Å². The lowest BCUT2D eigenvalue weighted by Crippen LogP contribution is -2.53. The molecule has 0 unspecified atom stereocenters. The maximum Gasteiger partial charge on any atom is 0.243 e. The number of nitrogens with zero attached hydrogens (tertiary/aromatic N) is 1. The SMILES string of the molecule is O=C(NC1CCCCC1)[C@H](Cc1ccccc1)N(Cc1c(Cl)cccc1Cl)C(=O)CCc1ccccc1Cl. The standard InChI is InChI=1S/C31H33Cl3N2O2/c32-26-15-8-7-12-23(26)18-19-30(37)36(21-25-27(33)16-9-17-28(25)34)29(20-22-10-3-1-4-11-22)31(38)35-24-13-5-2-6-14-24/h1,3-4,7-12,15-17,24,29H,2,5-6,13-14,18-21H2,(H,35,38)/t29-/m0/s1. The Labute approximate surface area is 240 Å². The molecule has 0 aliphatic heterocycles. The number of carbonyl (C=O) groups excluding carboxylic acids is 2. The first kappa shape index (κ1) is 28.5. The van der Waals surface area contributed by atoms with Gasteiger partial charge in [-0.2, -0.15) is 0 Å². The number of amides is 2. The predicted octanol–water partition coefficient (Wildman–Crippen LogP) is 7.67. The molecule has 1 saturated carbocycles. The molecule has 1 aliphatic carbocycles. The molecule has 4 rings (SSSR count). The summed E-state index contributed by atoms with van der Waals surface area (Å²) in [6, 6.07) is 22.0. The summed E-state index contributed by atoms with van der Waals surface area (Å²) in [5, 5.41) is 4.81. The fraction of sp³-hybridized carbons (Fsp3) is 0.355. The van der Waals surface area contributed by atoms with Crippen molar-refractivity contribution in [2.45, 2.75) is 70.0 Å². The highest BCUT2D eigenvalue weighted by molar-refractivity contribution is 6.36. The Bertz CT molecular complexity index is 1210. The van der Waals surface area contributed by atoms with Crippen LogP contribution in [0.3, 0.4) is 0 Å². The third kappa shape index (κ3) is 7.75. The lowest BCUT2D eigenvalue weighted by Gasteiger charge is -2.34. The molecule has 7 heteroatoms. The zero-order valence-corrected chi connectivity index (χ0v) is 23.6. The van der Waals surface area contributed by atoms with E-state index in [2.05, 4.69) is 5.32 Å². The second-order valence-corrected chi connectivity index (χ2v) is 11.1. The Hall–Kier alpha value is -2.53. The second-order valence-electron chi connectivity index (χ2n) is 9.86. The fourth-order valence-electron chi connectivity index (χ4n) is 5.04. The fourth-order valence-corrected chi connectivity index (χ4v) is 5.79. The molecule has 38 heavy (non-hydrogen) atoms. The number of benzene rings is 3. The summed E-state index contributed by atoms with van der Waals surface area (Å²) in [5.74, 6) is -0.296. The Balaban J connectivity index is 1.65. The van der Waals surface area contributed by atoms with E-state index in [-0.39, 0.29) is 30.8 Å². The Morgan fingerprint density at radius 2 is 1.45 bits per heavy atom. The van der Waals surface area contributed by atoms with Crippen molar-refractivity contribution in [1.29, 1.82) is 0 Å². The van der Waals surface area contributed by atoms with E-state index in [9.17, 15) is 9.59 Å². The molecular formula is C31H33Cl3N2O2. The average Bonchev–Trinajstić information content (AvgIpc) is 2.92. The average molecular weight is 572 g/mol. The number of rotatable bonds is 10. The molecule has 1 atom stereocenters. The molecule has 0 radical (unpaired) electrons. The molecule has 0 heterocycles. The summed E-state index contributed by atoms with van der Waals surface area (Å²) in [5.41, 5.74) is 2.50. The molecule has 3 aromatic carbocycles. The number of hydrogen-bond acceptors (Lipinski definition) is 2. The Morgan fingerprint density at radius 1 is 0.816 bits per heavy atom. The van der Waals surface area contributed by atoms with E-state index < -0.39 is 6.04 Å². The number of aryl methyl sites for hydroxylation is 1. The van der Waals surface area contributed by atoms with Gasteiger partial charge in [0.15, 0.2) is 0 Å². The van der Waals surface area contributed by atoms with Crippen LogP contribution in [0.25, 0.3) is 0 Å². The summed E-state index contributed by atoms with van der Waals surface area (Å²) >= 11 is 19.4. The van der Waals surface area contributed by atoms with Gasteiger partial charge in [-0.15, -0.1) is 0 Å². The van der Waals surface area contributed by atoms with Gasteiger partial charge in [-0.3, -0.25) is 9.59 Å². The van der Waals surface area contributed by atoms with Gasteiger partial charge in [-0.25, -0.2) is 0 Å². The molecular weight excluding hydrogens is 539 g/mol. The van der Waals surface area contributed by atoms with Gasteiger partial charge < -0.3 is 10.2 Å². The van der Waals surface area contributed by atoms with Crippen molar-refractivity contribution in [3.63, 3.8) is 0 Å². The number of halogens is 3. The molecule has 2 amide bonds. The van der Waals surface area contributed by atoms with Crippen molar-refractivity contribution < 1.29 is 9.59 Å². The van der Waals surface area contributed by atoms with Crippen molar-refractivity contribution in [2.24, 2.45) is 0 Å². The lowest BCUT2D eigenvalue weighted by atomic mass is 9.94. The van der Waals surface area contributed by atoms with Crippen molar-refractivity contribution >= 4 is 46.6 Å². The van der Waals surface area contributed by atoms with Crippen molar-refractivity contribution in [2.75, 3.05) is 0 Å². The van der Waals surface area contributed by atoms with Crippen LogP contribution in [0.5, 0.6) is 0 Å². The zero-order valence-electron chi connectivity index (χ0n) is 21.3. The summed E-state index contributed by atoms with van der Waals surface area (Å²) < 4.78 is 0. The number of carbonyl (C=O) groups is 2. The van der Waals surface area contributed by atoms with Crippen LogP contribution in [0.15, 0.2) is 72.8 Å². The maximum atomic E-state index is 13.9. The van der Waals surface area contributed by atoms with E-state index in [0.717, 1.165) is 36.8 Å². The van der Waals surface area contributed by atoms with Crippen LogP contribution in [0, 0.1) is 0 Å². The van der Waals surface area contributed by atoms with E-state index in [0.29, 0.717) is 33.5 Å². The molecule has 1 fully saturated rings. The minimum Gasteiger partial charge on any atom is -0.352 e. The monoisotopic (exact) mass is 570 g/mol. The highest BCUT2D eigenvalue weighted by Crippen LogP contribution is 2.28. The predicted molar refractivity (Wildman–Crippen MR) is 156 cm³/mol. The van der Waals surface area contributed by atoms with Gasteiger partial charge in [0.2, 0.25) is 11.8 Å². The Kier molecular flexibility index (Phi) is 10.5. The second kappa shape index (κ2) is 14.0. The molecule has 0 aromatic heterocycles. The summed E-state index contributed by atoms with van der Waals surface area (Å²) in [7, 11) is 0.